The summed E-state index contributed by atoms with van der Waals surface area (Å²) in [7, 11) is 0. The molecular weight excluding hydrogens is 176 g/mol. The maximum absolute atomic E-state index is 10.2. The fourth-order valence-electron chi connectivity index (χ4n) is 1.98. The van der Waals surface area contributed by atoms with E-state index in [2.05, 4.69) is 6.92 Å². The van der Waals surface area contributed by atoms with Crippen LogP contribution in [-0.4, -0.2) is 11.1 Å². The van der Waals surface area contributed by atoms with E-state index >= 15 is 0 Å². The normalized spacial score (nSPS) is 20.2. The van der Waals surface area contributed by atoms with Gasteiger partial charge in [-0.1, -0.05) is 37.0 Å². The molecule has 0 unspecified atom stereocenters. The number of carboxylic acids is 1. The summed E-state index contributed by atoms with van der Waals surface area (Å²) in [5.41, 5.74) is 1.32. The van der Waals surface area contributed by atoms with Gasteiger partial charge in [0.1, 0.15) is 0 Å². The first-order chi connectivity index (χ1) is 6.70. The van der Waals surface area contributed by atoms with Gasteiger partial charge in [-0.05, 0) is 25.7 Å². The highest BCUT2D eigenvalue weighted by atomic mass is 16.4. The highest BCUT2D eigenvalue weighted by Crippen LogP contribution is 2.29. The van der Waals surface area contributed by atoms with Gasteiger partial charge in [0, 0.05) is 6.08 Å². The van der Waals surface area contributed by atoms with Gasteiger partial charge >= 0.3 is 5.97 Å². The van der Waals surface area contributed by atoms with Crippen molar-refractivity contribution in [3.63, 3.8) is 0 Å². The summed E-state index contributed by atoms with van der Waals surface area (Å²) < 4.78 is 0. The lowest BCUT2D eigenvalue weighted by atomic mass is 9.84. The van der Waals surface area contributed by atoms with Crippen LogP contribution in [0.1, 0.15) is 39.0 Å². The topological polar surface area (TPSA) is 37.3 Å². The quantitative estimate of drug-likeness (QED) is 0.553. The van der Waals surface area contributed by atoms with E-state index in [-0.39, 0.29) is 0 Å². The molecule has 0 bridgehead atoms. The number of allylic oxidation sites excluding steroid dienone is 3. The van der Waals surface area contributed by atoms with Crippen LogP contribution in [0.15, 0.2) is 23.8 Å². The maximum atomic E-state index is 10.2. The van der Waals surface area contributed by atoms with E-state index in [0.717, 1.165) is 0 Å². The van der Waals surface area contributed by atoms with E-state index in [1.54, 1.807) is 6.08 Å². The van der Waals surface area contributed by atoms with E-state index < -0.39 is 5.97 Å². The number of hydrogen-bond acceptors (Lipinski definition) is 1. The second-order valence-corrected chi connectivity index (χ2v) is 3.94. The molecule has 2 nitrogen and oxygen atoms in total. The van der Waals surface area contributed by atoms with Crippen molar-refractivity contribution in [3.8, 4) is 0 Å². The SMILES string of the molecule is C/C(=C/C=C/C(=O)O)C1CCCCC1. The molecule has 0 aromatic rings. The maximum Gasteiger partial charge on any atom is 0.328 e. The highest BCUT2D eigenvalue weighted by molar-refractivity contribution is 5.80. The summed E-state index contributed by atoms with van der Waals surface area (Å²) in [6.07, 6.45) is 11.3. The van der Waals surface area contributed by atoms with Gasteiger partial charge in [0.2, 0.25) is 0 Å². The lowest BCUT2D eigenvalue weighted by Crippen LogP contribution is -2.06. The largest absolute Gasteiger partial charge is 0.478 e. The second kappa shape index (κ2) is 5.63. The van der Waals surface area contributed by atoms with Crippen molar-refractivity contribution in [1.82, 2.24) is 0 Å². The van der Waals surface area contributed by atoms with Crippen LogP contribution in [0.2, 0.25) is 0 Å². The summed E-state index contributed by atoms with van der Waals surface area (Å²) in [5.74, 6) is -0.195. The molecule has 1 aliphatic rings. The van der Waals surface area contributed by atoms with Gasteiger partial charge in [-0.25, -0.2) is 4.79 Å². The Morgan fingerprint density at radius 1 is 1.29 bits per heavy atom. The van der Waals surface area contributed by atoms with Gasteiger partial charge in [0.15, 0.2) is 0 Å². The molecule has 2 heteroatoms. The lowest BCUT2D eigenvalue weighted by Gasteiger charge is -2.21. The molecule has 0 radical (unpaired) electrons. The monoisotopic (exact) mass is 194 g/mol. The Kier molecular flexibility index (Phi) is 4.44. The van der Waals surface area contributed by atoms with Crippen LogP contribution in [0.5, 0.6) is 0 Å². The van der Waals surface area contributed by atoms with E-state index in [1.165, 1.54) is 43.8 Å². The van der Waals surface area contributed by atoms with Crippen molar-refractivity contribution in [2.45, 2.75) is 39.0 Å². The Bertz CT molecular complexity index is 245. The molecule has 0 aliphatic heterocycles. The standard InChI is InChI=1S/C12H18O2/c1-10(6-5-9-12(13)14)11-7-3-2-4-8-11/h5-6,9,11H,2-4,7-8H2,1H3,(H,13,14)/b9-5+,10-6-. The van der Waals surface area contributed by atoms with E-state index in [1.807, 2.05) is 6.08 Å². The zero-order chi connectivity index (χ0) is 10.4. The third-order valence-electron chi connectivity index (χ3n) is 2.85. The second-order valence-electron chi connectivity index (χ2n) is 3.94. The molecule has 1 aliphatic carbocycles. The fourth-order valence-corrected chi connectivity index (χ4v) is 1.98. The first-order valence-corrected chi connectivity index (χ1v) is 5.28. The first-order valence-electron chi connectivity index (χ1n) is 5.28. The zero-order valence-electron chi connectivity index (χ0n) is 8.70. The molecule has 1 saturated carbocycles. The molecule has 1 rings (SSSR count). The third kappa shape index (κ3) is 3.77. The summed E-state index contributed by atoms with van der Waals surface area (Å²) in [5, 5.41) is 8.42. The summed E-state index contributed by atoms with van der Waals surface area (Å²) in [4.78, 5) is 10.2. The van der Waals surface area contributed by atoms with Crippen molar-refractivity contribution in [1.29, 1.82) is 0 Å². The molecule has 0 aromatic carbocycles. The third-order valence-corrected chi connectivity index (χ3v) is 2.85. The first kappa shape index (κ1) is 11.0. The zero-order valence-corrected chi connectivity index (χ0v) is 8.70. The Labute approximate surface area is 85.3 Å². The minimum absolute atomic E-state index is 0.683. The van der Waals surface area contributed by atoms with Crippen LogP contribution in [-0.2, 0) is 4.79 Å². The van der Waals surface area contributed by atoms with Crippen molar-refractivity contribution >= 4 is 5.97 Å². The number of carboxylic acid groups (broad SMARTS) is 1. The molecule has 14 heavy (non-hydrogen) atoms. The minimum Gasteiger partial charge on any atom is -0.478 e. The Morgan fingerprint density at radius 2 is 1.93 bits per heavy atom. The Balaban J connectivity index is 2.45. The van der Waals surface area contributed by atoms with Gasteiger partial charge in [0.25, 0.3) is 0 Å². The van der Waals surface area contributed by atoms with Crippen molar-refractivity contribution in [2.75, 3.05) is 0 Å². The van der Waals surface area contributed by atoms with Crippen LogP contribution in [0, 0.1) is 5.92 Å². The molecule has 0 heterocycles. The predicted octanol–water partition coefficient (Wildman–Crippen LogP) is 3.15. The van der Waals surface area contributed by atoms with Crippen molar-refractivity contribution in [3.05, 3.63) is 23.8 Å². The number of rotatable bonds is 3. The number of aliphatic carboxylic acids is 1. The molecule has 0 amide bonds. The van der Waals surface area contributed by atoms with Gasteiger partial charge in [-0.2, -0.15) is 0 Å². The van der Waals surface area contributed by atoms with E-state index in [4.69, 9.17) is 5.11 Å². The molecule has 78 valence electrons. The van der Waals surface area contributed by atoms with Gasteiger partial charge in [-0.15, -0.1) is 0 Å². The van der Waals surface area contributed by atoms with Crippen LogP contribution in [0.25, 0.3) is 0 Å². The van der Waals surface area contributed by atoms with Gasteiger partial charge in [0.05, 0.1) is 0 Å². The highest BCUT2D eigenvalue weighted by Gasteiger charge is 2.13. The smallest absolute Gasteiger partial charge is 0.328 e. The summed E-state index contributed by atoms with van der Waals surface area (Å²) in [6, 6.07) is 0. The van der Waals surface area contributed by atoms with Crippen LogP contribution in [0.3, 0.4) is 0 Å². The summed E-state index contributed by atoms with van der Waals surface area (Å²) >= 11 is 0. The molecule has 0 spiro atoms. The van der Waals surface area contributed by atoms with Crippen molar-refractivity contribution in [2.24, 2.45) is 5.92 Å². The van der Waals surface area contributed by atoms with E-state index in [9.17, 15) is 4.79 Å². The molecular formula is C12H18O2. The summed E-state index contributed by atoms with van der Waals surface area (Å²) in [6.45, 7) is 2.10. The molecule has 0 aromatic heterocycles. The Morgan fingerprint density at radius 3 is 2.50 bits per heavy atom. The molecule has 0 atom stereocenters. The molecule has 1 N–H and O–H groups in total. The average molecular weight is 194 g/mol. The van der Waals surface area contributed by atoms with Crippen molar-refractivity contribution < 1.29 is 9.90 Å². The molecule has 1 fully saturated rings. The predicted molar refractivity (Wildman–Crippen MR) is 57.1 cm³/mol. The van der Waals surface area contributed by atoms with Gasteiger partial charge < -0.3 is 5.11 Å². The molecule has 0 saturated heterocycles. The van der Waals surface area contributed by atoms with E-state index in [0.29, 0.717) is 5.92 Å². The fraction of sp³-hybridized carbons (Fsp3) is 0.583. The van der Waals surface area contributed by atoms with Crippen LogP contribution >= 0.6 is 0 Å². The van der Waals surface area contributed by atoms with Gasteiger partial charge in [-0.3, -0.25) is 0 Å². The average Bonchev–Trinajstić information content (AvgIpc) is 2.18. The minimum atomic E-state index is -0.877. The van der Waals surface area contributed by atoms with Crippen LogP contribution in [0.4, 0.5) is 0 Å². The Hall–Kier alpha value is -1.05. The van der Waals surface area contributed by atoms with Crippen LogP contribution < -0.4 is 0 Å². The lowest BCUT2D eigenvalue weighted by molar-refractivity contribution is -0.131. The number of carbonyl (C=O) groups is 1. The number of hydrogen-bond donors (Lipinski definition) is 1.